The van der Waals surface area contributed by atoms with Gasteiger partial charge in [0.15, 0.2) is 0 Å². The molecule has 2 atom stereocenters. The van der Waals surface area contributed by atoms with Gasteiger partial charge in [0.1, 0.15) is 0 Å². The van der Waals surface area contributed by atoms with Crippen LogP contribution in [0.3, 0.4) is 0 Å². The fourth-order valence-electron chi connectivity index (χ4n) is 4.30. The lowest BCUT2D eigenvalue weighted by molar-refractivity contribution is 0.308. The highest BCUT2D eigenvalue weighted by molar-refractivity contribution is 5.36. The normalized spacial score (nSPS) is 24.3. The van der Waals surface area contributed by atoms with Crippen molar-refractivity contribution in [3.05, 3.63) is 71.8 Å². The number of hydrogen-bond acceptors (Lipinski definition) is 1. The predicted molar refractivity (Wildman–Crippen MR) is 104 cm³/mol. The Balaban J connectivity index is 1.81. The second kappa shape index (κ2) is 7.98. The molecule has 1 aliphatic rings. The van der Waals surface area contributed by atoms with Gasteiger partial charge in [0, 0.05) is 24.4 Å². The van der Waals surface area contributed by atoms with Crippen LogP contribution >= 0.6 is 0 Å². The van der Waals surface area contributed by atoms with Crippen molar-refractivity contribution in [1.82, 2.24) is 4.90 Å². The molecule has 1 nitrogen and oxygen atoms in total. The third-order valence-corrected chi connectivity index (χ3v) is 5.73. The molecule has 0 amide bonds. The fourth-order valence-corrected chi connectivity index (χ4v) is 4.30. The molecule has 0 bridgehead atoms. The van der Waals surface area contributed by atoms with E-state index in [0.717, 1.165) is 0 Å². The lowest BCUT2D eigenvalue weighted by Crippen LogP contribution is -2.31. The van der Waals surface area contributed by atoms with E-state index < -0.39 is 0 Å². The minimum Gasteiger partial charge on any atom is -0.302 e. The number of hydrogen-bond donors (Lipinski definition) is 0. The van der Waals surface area contributed by atoms with E-state index in [4.69, 9.17) is 0 Å². The molecule has 0 saturated carbocycles. The molecular formula is C23H31N. The molecule has 0 radical (unpaired) electrons. The van der Waals surface area contributed by atoms with E-state index in [9.17, 15) is 0 Å². The van der Waals surface area contributed by atoms with Gasteiger partial charge in [-0.25, -0.2) is 0 Å². The van der Waals surface area contributed by atoms with Gasteiger partial charge in [0.2, 0.25) is 0 Å². The largest absolute Gasteiger partial charge is 0.302 e. The van der Waals surface area contributed by atoms with Gasteiger partial charge < -0.3 is 4.90 Å². The summed E-state index contributed by atoms with van der Waals surface area (Å²) >= 11 is 0. The lowest BCUT2D eigenvalue weighted by atomic mass is 9.71. The SMILES string of the molecule is CCCCCCN1C[C@H](c2ccccc2)[C@@](C)(c2ccccc2)C1. The van der Waals surface area contributed by atoms with Crippen LogP contribution in [0.5, 0.6) is 0 Å². The molecule has 1 saturated heterocycles. The smallest absolute Gasteiger partial charge is 0.0133 e. The Kier molecular flexibility index (Phi) is 5.73. The van der Waals surface area contributed by atoms with Gasteiger partial charge >= 0.3 is 0 Å². The van der Waals surface area contributed by atoms with Crippen LogP contribution in [0.25, 0.3) is 0 Å². The summed E-state index contributed by atoms with van der Waals surface area (Å²) in [6.07, 6.45) is 5.38. The molecule has 1 heteroatoms. The van der Waals surface area contributed by atoms with Crippen molar-refractivity contribution >= 4 is 0 Å². The zero-order valence-corrected chi connectivity index (χ0v) is 15.2. The Morgan fingerprint density at radius 2 is 1.58 bits per heavy atom. The van der Waals surface area contributed by atoms with E-state index in [0.29, 0.717) is 5.92 Å². The maximum atomic E-state index is 2.69. The second-order valence-electron chi connectivity index (χ2n) is 7.54. The van der Waals surface area contributed by atoms with E-state index in [1.54, 1.807) is 0 Å². The minimum absolute atomic E-state index is 0.202. The predicted octanol–water partition coefficient (Wildman–Crippen LogP) is 5.62. The fraction of sp³-hybridized carbons (Fsp3) is 0.478. The average Bonchev–Trinajstić information content (AvgIpc) is 2.98. The van der Waals surface area contributed by atoms with Crippen LogP contribution in [0.1, 0.15) is 56.6 Å². The minimum atomic E-state index is 0.202. The molecule has 1 heterocycles. The van der Waals surface area contributed by atoms with Gasteiger partial charge in [-0.1, -0.05) is 93.8 Å². The first-order valence-corrected chi connectivity index (χ1v) is 9.57. The van der Waals surface area contributed by atoms with Gasteiger partial charge in [-0.2, -0.15) is 0 Å². The summed E-state index contributed by atoms with van der Waals surface area (Å²) < 4.78 is 0. The Morgan fingerprint density at radius 1 is 0.917 bits per heavy atom. The van der Waals surface area contributed by atoms with Crippen LogP contribution in [0, 0.1) is 0 Å². The highest BCUT2D eigenvalue weighted by atomic mass is 15.2. The highest BCUT2D eigenvalue weighted by Gasteiger charge is 2.44. The molecule has 2 aromatic rings. The van der Waals surface area contributed by atoms with Crippen LogP contribution in [-0.2, 0) is 5.41 Å². The Hall–Kier alpha value is -1.60. The quantitative estimate of drug-likeness (QED) is 0.598. The number of rotatable bonds is 7. The van der Waals surface area contributed by atoms with Crippen LogP contribution in [0.15, 0.2) is 60.7 Å². The van der Waals surface area contributed by atoms with Gasteiger partial charge in [-0.3, -0.25) is 0 Å². The third kappa shape index (κ3) is 3.72. The van der Waals surface area contributed by atoms with Crippen LogP contribution in [-0.4, -0.2) is 24.5 Å². The van der Waals surface area contributed by atoms with Gasteiger partial charge in [-0.15, -0.1) is 0 Å². The zero-order valence-electron chi connectivity index (χ0n) is 15.2. The molecule has 0 spiro atoms. The van der Waals surface area contributed by atoms with E-state index in [1.807, 2.05) is 0 Å². The molecule has 0 aromatic heterocycles. The summed E-state index contributed by atoms with van der Waals surface area (Å²) in [6.45, 7) is 8.34. The summed E-state index contributed by atoms with van der Waals surface area (Å²) in [6, 6.07) is 22.3. The molecular weight excluding hydrogens is 290 g/mol. The zero-order chi connectivity index (χ0) is 16.8. The van der Waals surface area contributed by atoms with Crippen LogP contribution in [0.4, 0.5) is 0 Å². The summed E-state index contributed by atoms with van der Waals surface area (Å²) in [7, 11) is 0. The average molecular weight is 322 g/mol. The Bertz CT molecular complexity index is 606. The first-order chi connectivity index (χ1) is 11.7. The van der Waals surface area contributed by atoms with Crippen molar-refractivity contribution in [2.75, 3.05) is 19.6 Å². The Labute approximate surface area is 147 Å². The van der Waals surface area contributed by atoms with Gasteiger partial charge in [0.25, 0.3) is 0 Å². The highest BCUT2D eigenvalue weighted by Crippen LogP contribution is 2.44. The standard InChI is InChI=1S/C23H31N/c1-3-4-5-12-17-24-18-22(20-13-8-6-9-14-20)23(2,19-24)21-15-10-7-11-16-21/h6-11,13-16,22H,3-5,12,17-19H2,1-2H3/t22-,23-/m1/s1. The van der Waals surface area contributed by atoms with Crippen molar-refractivity contribution in [2.45, 2.75) is 50.9 Å². The maximum Gasteiger partial charge on any atom is 0.0133 e. The number of unbranched alkanes of at least 4 members (excludes halogenated alkanes) is 3. The molecule has 0 N–H and O–H groups in total. The molecule has 1 aliphatic heterocycles. The molecule has 0 unspecified atom stereocenters. The van der Waals surface area contributed by atoms with E-state index in [2.05, 4.69) is 79.4 Å². The van der Waals surface area contributed by atoms with Crippen LogP contribution < -0.4 is 0 Å². The Morgan fingerprint density at radius 3 is 2.25 bits per heavy atom. The molecule has 128 valence electrons. The third-order valence-electron chi connectivity index (χ3n) is 5.73. The number of likely N-dealkylation sites (tertiary alicyclic amines) is 1. The summed E-state index contributed by atoms with van der Waals surface area (Å²) in [5, 5.41) is 0. The molecule has 3 rings (SSSR count). The number of benzene rings is 2. The van der Waals surface area contributed by atoms with E-state index in [-0.39, 0.29) is 5.41 Å². The number of nitrogens with zero attached hydrogens (tertiary/aromatic N) is 1. The van der Waals surface area contributed by atoms with Crippen molar-refractivity contribution in [3.63, 3.8) is 0 Å². The first-order valence-electron chi connectivity index (χ1n) is 9.57. The first kappa shape index (κ1) is 17.2. The monoisotopic (exact) mass is 321 g/mol. The van der Waals surface area contributed by atoms with Crippen LogP contribution in [0.2, 0.25) is 0 Å². The summed E-state index contributed by atoms with van der Waals surface area (Å²) in [4.78, 5) is 2.69. The topological polar surface area (TPSA) is 3.24 Å². The van der Waals surface area contributed by atoms with Crippen molar-refractivity contribution in [1.29, 1.82) is 0 Å². The van der Waals surface area contributed by atoms with Crippen molar-refractivity contribution in [2.24, 2.45) is 0 Å². The second-order valence-corrected chi connectivity index (χ2v) is 7.54. The summed E-state index contributed by atoms with van der Waals surface area (Å²) in [5.41, 5.74) is 3.17. The maximum absolute atomic E-state index is 2.69. The van der Waals surface area contributed by atoms with E-state index >= 15 is 0 Å². The molecule has 2 aromatic carbocycles. The molecule has 24 heavy (non-hydrogen) atoms. The summed E-state index contributed by atoms with van der Waals surface area (Å²) in [5.74, 6) is 0.576. The van der Waals surface area contributed by atoms with Crippen molar-refractivity contribution in [3.8, 4) is 0 Å². The lowest BCUT2D eigenvalue weighted by Gasteiger charge is -2.32. The molecule has 1 fully saturated rings. The van der Waals surface area contributed by atoms with Crippen molar-refractivity contribution < 1.29 is 0 Å². The van der Waals surface area contributed by atoms with E-state index in [1.165, 1.54) is 56.4 Å². The van der Waals surface area contributed by atoms with Gasteiger partial charge in [0.05, 0.1) is 0 Å². The molecule has 0 aliphatic carbocycles. The van der Waals surface area contributed by atoms with Gasteiger partial charge in [-0.05, 0) is 24.1 Å².